The molecule has 0 aliphatic rings. The summed E-state index contributed by atoms with van der Waals surface area (Å²) in [6, 6.07) is 12.8. The molecule has 0 unspecified atom stereocenters. The van der Waals surface area contributed by atoms with Gasteiger partial charge in [0, 0.05) is 28.9 Å². The summed E-state index contributed by atoms with van der Waals surface area (Å²) in [7, 11) is 0. The highest BCUT2D eigenvalue weighted by molar-refractivity contribution is 7.99. The highest BCUT2D eigenvalue weighted by Gasteiger charge is 2.28. The summed E-state index contributed by atoms with van der Waals surface area (Å²) in [4.78, 5) is 27.9. The van der Waals surface area contributed by atoms with Crippen LogP contribution < -0.4 is 5.32 Å². The molecule has 2 aromatic rings. The maximum Gasteiger partial charge on any atom is 0.242 e. The van der Waals surface area contributed by atoms with Crippen LogP contribution in [0.5, 0.6) is 0 Å². The molecule has 2 amide bonds. The molecule has 2 aromatic carbocycles. The zero-order valence-electron chi connectivity index (χ0n) is 19.0. The topological polar surface area (TPSA) is 49.4 Å². The molecule has 1 N–H and O–H groups in total. The largest absolute Gasteiger partial charge is 0.354 e. The fourth-order valence-electron chi connectivity index (χ4n) is 3.39. The monoisotopic (exact) mass is 494 g/mol. The van der Waals surface area contributed by atoms with E-state index in [0.717, 1.165) is 29.5 Å². The summed E-state index contributed by atoms with van der Waals surface area (Å²) in [6.45, 7) is 7.07. The molecular formula is C25H32Cl2N2O2S. The smallest absolute Gasteiger partial charge is 0.242 e. The van der Waals surface area contributed by atoms with E-state index in [0.29, 0.717) is 35.3 Å². The van der Waals surface area contributed by atoms with Gasteiger partial charge in [-0.1, -0.05) is 73.8 Å². The predicted octanol–water partition coefficient (Wildman–Crippen LogP) is 6.26. The van der Waals surface area contributed by atoms with Crippen LogP contribution in [-0.4, -0.2) is 35.1 Å². The first-order chi connectivity index (χ1) is 15.4. The van der Waals surface area contributed by atoms with Gasteiger partial charge in [0.05, 0.1) is 5.75 Å². The molecule has 0 heterocycles. The lowest BCUT2D eigenvalue weighted by Crippen LogP contribution is -2.49. The fourth-order valence-corrected chi connectivity index (χ4v) is 5.04. The molecule has 0 aromatic heterocycles. The van der Waals surface area contributed by atoms with E-state index in [1.165, 1.54) is 11.8 Å². The van der Waals surface area contributed by atoms with Crippen molar-refractivity contribution in [3.8, 4) is 0 Å². The van der Waals surface area contributed by atoms with Gasteiger partial charge >= 0.3 is 0 Å². The highest BCUT2D eigenvalue weighted by Crippen LogP contribution is 2.28. The van der Waals surface area contributed by atoms with Crippen LogP contribution in [0.4, 0.5) is 0 Å². The van der Waals surface area contributed by atoms with Gasteiger partial charge in [-0.05, 0) is 48.6 Å². The maximum atomic E-state index is 13.3. The van der Waals surface area contributed by atoms with Crippen molar-refractivity contribution in [1.82, 2.24) is 10.2 Å². The van der Waals surface area contributed by atoms with Crippen molar-refractivity contribution < 1.29 is 9.59 Å². The molecule has 7 heteroatoms. The fraction of sp³-hybridized carbons (Fsp3) is 0.440. The molecular weight excluding hydrogens is 463 g/mol. The molecule has 32 heavy (non-hydrogen) atoms. The molecule has 4 nitrogen and oxygen atoms in total. The first kappa shape index (κ1) is 26.6. The second kappa shape index (κ2) is 13.8. The predicted molar refractivity (Wildman–Crippen MR) is 136 cm³/mol. The number of thioether (sulfide) groups is 1. The van der Waals surface area contributed by atoms with Crippen LogP contribution in [0.15, 0.2) is 42.5 Å². The number of benzene rings is 2. The van der Waals surface area contributed by atoms with Gasteiger partial charge in [-0.25, -0.2) is 0 Å². The third-order valence-electron chi connectivity index (χ3n) is 5.35. The van der Waals surface area contributed by atoms with Crippen LogP contribution in [0.25, 0.3) is 0 Å². The quantitative estimate of drug-likeness (QED) is 0.354. The number of nitrogens with one attached hydrogen (secondary N) is 1. The molecule has 174 valence electrons. The normalized spacial score (nSPS) is 11.8. The van der Waals surface area contributed by atoms with Gasteiger partial charge in [0.25, 0.3) is 0 Å². The Kier molecular flexibility index (Phi) is 11.4. The van der Waals surface area contributed by atoms with E-state index in [1.54, 1.807) is 23.1 Å². The summed E-state index contributed by atoms with van der Waals surface area (Å²) >= 11 is 14.0. The third kappa shape index (κ3) is 7.72. The van der Waals surface area contributed by atoms with Gasteiger partial charge in [0.2, 0.25) is 11.8 Å². The molecule has 0 bridgehead atoms. The number of rotatable bonds is 12. The van der Waals surface area contributed by atoms with Crippen LogP contribution in [0.3, 0.4) is 0 Å². The first-order valence-electron chi connectivity index (χ1n) is 11.0. The first-order valence-corrected chi connectivity index (χ1v) is 12.9. The summed E-state index contributed by atoms with van der Waals surface area (Å²) in [6.07, 6.45) is 2.48. The minimum atomic E-state index is -0.511. The molecule has 0 fully saturated rings. The van der Waals surface area contributed by atoms with Crippen LogP contribution in [0.1, 0.15) is 49.8 Å². The molecule has 2 rings (SSSR count). The Morgan fingerprint density at radius 3 is 2.38 bits per heavy atom. The third-order valence-corrected chi connectivity index (χ3v) is 7.00. The van der Waals surface area contributed by atoms with Gasteiger partial charge in [-0.3, -0.25) is 9.59 Å². The minimum Gasteiger partial charge on any atom is -0.354 e. The molecule has 0 spiro atoms. The molecule has 0 aliphatic heterocycles. The molecule has 0 aliphatic carbocycles. The Balaban J connectivity index is 2.15. The highest BCUT2D eigenvalue weighted by atomic mass is 35.5. The van der Waals surface area contributed by atoms with Crippen molar-refractivity contribution >= 4 is 46.8 Å². The van der Waals surface area contributed by atoms with Crippen molar-refractivity contribution in [3.63, 3.8) is 0 Å². The summed E-state index contributed by atoms with van der Waals surface area (Å²) in [5, 5.41) is 4.18. The Hall–Kier alpha value is -1.69. The van der Waals surface area contributed by atoms with Crippen molar-refractivity contribution in [1.29, 1.82) is 0 Å². The Bertz CT molecular complexity index is 887. The van der Waals surface area contributed by atoms with Crippen molar-refractivity contribution in [3.05, 3.63) is 69.2 Å². The van der Waals surface area contributed by atoms with E-state index in [-0.39, 0.29) is 17.6 Å². The van der Waals surface area contributed by atoms with E-state index in [4.69, 9.17) is 23.2 Å². The standard InChI is InChI=1S/C25H32Cl2N2O2S/c1-4-6-14-28-25(31)23(5-2)29(15-19-11-8-7-10-18(19)3)24(30)17-32-16-20-21(26)12-9-13-22(20)27/h7-13,23H,4-6,14-17H2,1-3H3,(H,28,31)/t23-/m0/s1. The molecule has 0 saturated heterocycles. The van der Waals surface area contributed by atoms with Gasteiger partial charge in [0.15, 0.2) is 0 Å². The lowest BCUT2D eigenvalue weighted by molar-refractivity contribution is -0.139. The van der Waals surface area contributed by atoms with E-state index in [2.05, 4.69) is 12.2 Å². The maximum absolute atomic E-state index is 13.3. The second-order valence-electron chi connectivity index (χ2n) is 7.71. The average molecular weight is 496 g/mol. The number of aryl methyl sites for hydroxylation is 1. The summed E-state index contributed by atoms with van der Waals surface area (Å²) < 4.78 is 0. The number of nitrogens with zero attached hydrogens (tertiary/aromatic N) is 1. The van der Waals surface area contributed by atoms with E-state index < -0.39 is 6.04 Å². The zero-order chi connectivity index (χ0) is 23.5. The average Bonchev–Trinajstić information content (AvgIpc) is 2.77. The minimum absolute atomic E-state index is 0.0704. The van der Waals surface area contributed by atoms with E-state index in [1.807, 2.05) is 38.1 Å². The van der Waals surface area contributed by atoms with Crippen LogP contribution in [-0.2, 0) is 21.9 Å². The lowest BCUT2D eigenvalue weighted by Gasteiger charge is -2.31. The number of amides is 2. The van der Waals surface area contributed by atoms with Gasteiger partial charge < -0.3 is 10.2 Å². The SMILES string of the molecule is CCCCNC(=O)[C@H](CC)N(Cc1ccccc1C)C(=O)CSCc1c(Cl)cccc1Cl. The Labute approximate surface area is 206 Å². The van der Waals surface area contributed by atoms with Crippen molar-refractivity contribution in [2.24, 2.45) is 0 Å². The van der Waals surface area contributed by atoms with Gasteiger partial charge in [-0.2, -0.15) is 0 Å². The molecule has 0 saturated carbocycles. The number of hydrogen-bond donors (Lipinski definition) is 1. The van der Waals surface area contributed by atoms with E-state index >= 15 is 0 Å². The van der Waals surface area contributed by atoms with Gasteiger partial charge in [0.1, 0.15) is 6.04 Å². The lowest BCUT2D eigenvalue weighted by atomic mass is 10.1. The second-order valence-corrected chi connectivity index (χ2v) is 9.51. The van der Waals surface area contributed by atoms with Crippen molar-refractivity contribution in [2.75, 3.05) is 12.3 Å². The van der Waals surface area contributed by atoms with E-state index in [9.17, 15) is 9.59 Å². The number of carbonyl (C=O) groups excluding carboxylic acids is 2. The number of unbranched alkanes of at least 4 members (excludes halogenated alkanes) is 1. The van der Waals surface area contributed by atoms with Gasteiger partial charge in [-0.15, -0.1) is 11.8 Å². The Morgan fingerprint density at radius 1 is 1.06 bits per heavy atom. The van der Waals surface area contributed by atoms with Crippen molar-refractivity contribution in [2.45, 2.75) is 58.4 Å². The number of carbonyl (C=O) groups is 2. The summed E-state index contributed by atoms with van der Waals surface area (Å²) in [5.41, 5.74) is 2.96. The summed E-state index contributed by atoms with van der Waals surface area (Å²) in [5.74, 6) is 0.606. The Morgan fingerprint density at radius 2 is 1.75 bits per heavy atom. The van der Waals surface area contributed by atoms with Crippen LogP contribution in [0.2, 0.25) is 10.0 Å². The van der Waals surface area contributed by atoms with Crippen LogP contribution >= 0.6 is 35.0 Å². The number of hydrogen-bond acceptors (Lipinski definition) is 3. The zero-order valence-corrected chi connectivity index (χ0v) is 21.3. The molecule has 1 atom stereocenters. The number of halogens is 2. The molecule has 0 radical (unpaired) electrons. The van der Waals surface area contributed by atoms with Crippen LogP contribution in [0, 0.1) is 6.92 Å².